The van der Waals surface area contributed by atoms with Crippen molar-refractivity contribution in [2.24, 2.45) is 0 Å². The van der Waals surface area contributed by atoms with Crippen molar-refractivity contribution in [2.75, 3.05) is 6.61 Å². The van der Waals surface area contributed by atoms with E-state index in [0.29, 0.717) is 5.02 Å². The van der Waals surface area contributed by atoms with Crippen LogP contribution in [0, 0.1) is 0 Å². The van der Waals surface area contributed by atoms with Crippen molar-refractivity contribution >= 4 is 41.6 Å². The van der Waals surface area contributed by atoms with E-state index in [1.54, 1.807) is 0 Å². The predicted molar refractivity (Wildman–Crippen MR) is 113 cm³/mol. The Morgan fingerprint density at radius 1 is 0.824 bits per heavy atom. The minimum atomic E-state index is -1.45. The summed E-state index contributed by atoms with van der Waals surface area (Å²) in [5, 5.41) is 2.79. The van der Waals surface area contributed by atoms with Gasteiger partial charge >= 0.3 is 30.0 Å². The van der Waals surface area contributed by atoms with Gasteiger partial charge in [-0.1, -0.05) is 11.6 Å². The van der Waals surface area contributed by atoms with Gasteiger partial charge in [0.25, 0.3) is 0 Å². The van der Waals surface area contributed by atoms with Crippen molar-refractivity contribution in [3.05, 3.63) is 29.3 Å². The van der Waals surface area contributed by atoms with Gasteiger partial charge in [-0.05, 0) is 24.3 Å². The number of esters is 4. The first-order chi connectivity index (χ1) is 16.0. The van der Waals surface area contributed by atoms with Gasteiger partial charge in [-0.3, -0.25) is 24.5 Å². The molecule has 0 aliphatic carbocycles. The molecular weight excluding hydrogens is 478 g/mol. The molecule has 0 bridgehead atoms. The minimum Gasteiger partial charge on any atom is -0.463 e. The summed E-state index contributed by atoms with van der Waals surface area (Å²) in [6.07, 6.45) is -7.86. The summed E-state index contributed by atoms with van der Waals surface area (Å²) in [7, 11) is 0. The first-order valence-electron chi connectivity index (χ1n) is 10.0. The molecule has 0 spiro atoms. The summed E-state index contributed by atoms with van der Waals surface area (Å²) in [6.45, 7) is 3.99. The van der Waals surface area contributed by atoms with E-state index in [1.165, 1.54) is 24.3 Å². The molecule has 1 aliphatic heterocycles. The van der Waals surface area contributed by atoms with Crippen molar-refractivity contribution in [3.8, 4) is 5.75 Å². The van der Waals surface area contributed by atoms with E-state index in [-0.39, 0.29) is 5.75 Å². The average molecular weight is 502 g/mol. The molecule has 0 unspecified atom stereocenters. The number of amides is 1. The number of halogens is 1. The second kappa shape index (κ2) is 12.2. The Kier molecular flexibility index (Phi) is 9.63. The Labute approximate surface area is 199 Å². The van der Waals surface area contributed by atoms with Gasteiger partial charge in [0.2, 0.25) is 0 Å². The third-order valence-corrected chi connectivity index (χ3v) is 4.53. The van der Waals surface area contributed by atoms with Crippen LogP contribution in [0.15, 0.2) is 24.3 Å². The molecule has 1 aliphatic rings. The lowest BCUT2D eigenvalue weighted by Gasteiger charge is -2.44. The van der Waals surface area contributed by atoms with E-state index >= 15 is 0 Å². The lowest BCUT2D eigenvalue weighted by atomic mass is 9.97. The molecule has 5 atom stereocenters. The number of rotatable bonds is 7. The molecular formula is C21H24ClNO11. The highest BCUT2D eigenvalue weighted by atomic mass is 35.5. The molecule has 1 saturated heterocycles. The van der Waals surface area contributed by atoms with Crippen molar-refractivity contribution in [2.45, 2.75) is 58.3 Å². The number of ether oxygens (including phenoxy) is 6. The summed E-state index contributed by atoms with van der Waals surface area (Å²) in [5.41, 5.74) is 0. The van der Waals surface area contributed by atoms with Crippen LogP contribution in [0.1, 0.15) is 27.7 Å². The van der Waals surface area contributed by atoms with Crippen LogP contribution in [0.3, 0.4) is 0 Å². The van der Waals surface area contributed by atoms with Crippen LogP contribution in [0.25, 0.3) is 0 Å². The first kappa shape index (κ1) is 26.9. The van der Waals surface area contributed by atoms with Crippen LogP contribution < -0.4 is 10.1 Å². The van der Waals surface area contributed by atoms with E-state index < -0.39 is 67.2 Å². The SMILES string of the molecule is CC(=O)OC[C@H]1O[C@H](NC(=O)Oc2ccc(Cl)cc2)[C@H](OC(C)=O)[C@@H](OC(C)=O)[C@H]1OC(C)=O. The zero-order valence-electron chi connectivity index (χ0n) is 18.8. The lowest BCUT2D eigenvalue weighted by Crippen LogP contribution is -2.66. The summed E-state index contributed by atoms with van der Waals surface area (Å²) in [5.74, 6) is -2.89. The van der Waals surface area contributed by atoms with E-state index in [4.69, 9.17) is 40.0 Å². The van der Waals surface area contributed by atoms with Gasteiger partial charge < -0.3 is 28.4 Å². The van der Waals surface area contributed by atoms with Gasteiger partial charge in [-0.2, -0.15) is 0 Å². The molecule has 34 heavy (non-hydrogen) atoms. The summed E-state index contributed by atoms with van der Waals surface area (Å²) >= 11 is 5.81. The fourth-order valence-electron chi connectivity index (χ4n) is 3.10. The van der Waals surface area contributed by atoms with E-state index in [2.05, 4.69) is 5.32 Å². The fraction of sp³-hybridized carbons (Fsp3) is 0.476. The summed E-state index contributed by atoms with van der Waals surface area (Å²) < 4.78 is 31.6. The van der Waals surface area contributed by atoms with Crippen molar-refractivity contribution in [1.29, 1.82) is 0 Å². The maximum absolute atomic E-state index is 12.5. The quantitative estimate of drug-likeness (QED) is 0.427. The van der Waals surface area contributed by atoms with Crippen LogP contribution in [0.4, 0.5) is 4.79 Å². The van der Waals surface area contributed by atoms with Crippen LogP contribution in [-0.4, -0.2) is 67.2 Å². The standard InChI is InChI=1S/C21H24ClNO11/c1-10(24)29-9-16-17(30-11(2)25)18(31-12(3)26)19(32-13(4)27)20(34-16)23-21(28)33-15-7-5-14(22)6-8-15/h5-8,16-20H,9H2,1-4H3,(H,23,28)/t16-,17+,18+,19-,20+/m1/s1. The van der Waals surface area contributed by atoms with Crippen LogP contribution in [0.5, 0.6) is 5.75 Å². The van der Waals surface area contributed by atoms with Crippen molar-refractivity contribution < 1.29 is 52.4 Å². The molecule has 1 aromatic rings. The maximum atomic E-state index is 12.5. The van der Waals surface area contributed by atoms with E-state index in [0.717, 1.165) is 27.7 Å². The van der Waals surface area contributed by atoms with Gasteiger partial charge in [0, 0.05) is 32.7 Å². The molecule has 1 aromatic carbocycles. The largest absolute Gasteiger partial charge is 0.463 e. The number of carbonyl (C=O) groups excluding carboxylic acids is 5. The average Bonchev–Trinajstić information content (AvgIpc) is 2.71. The smallest absolute Gasteiger partial charge is 0.414 e. The topological polar surface area (TPSA) is 153 Å². The highest BCUT2D eigenvalue weighted by Crippen LogP contribution is 2.28. The second-order valence-electron chi connectivity index (χ2n) is 7.11. The van der Waals surface area contributed by atoms with Gasteiger partial charge in [0.15, 0.2) is 24.5 Å². The van der Waals surface area contributed by atoms with E-state index in [9.17, 15) is 24.0 Å². The Hall–Kier alpha value is -3.38. The predicted octanol–water partition coefficient (Wildman–Crippen LogP) is 1.51. The fourth-order valence-corrected chi connectivity index (χ4v) is 3.23. The third-order valence-electron chi connectivity index (χ3n) is 4.28. The number of hydrogen-bond acceptors (Lipinski definition) is 11. The van der Waals surface area contributed by atoms with Gasteiger partial charge in [-0.25, -0.2) is 4.79 Å². The Balaban J connectivity index is 2.35. The molecule has 1 heterocycles. The first-order valence-corrected chi connectivity index (χ1v) is 10.4. The van der Waals surface area contributed by atoms with Crippen molar-refractivity contribution in [1.82, 2.24) is 5.32 Å². The summed E-state index contributed by atoms with van der Waals surface area (Å²) in [4.78, 5) is 59.1. The monoisotopic (exact) mass is 501 g/mol. The van der Waals surface area contributed by atoms with Gasteiger partial charge in [0.1, 0.15) is 18.5 Å². The second-order valence-corrected chi connectivity index (χ2v) is 7.54. The molecule has 12 nitrogen and oxygen atoms in total. The molecule has 0 aromatic heterocycles. The van der Waals surface area contributed by atoms with Crippen molar-refractivity contribution in [3.63, 3.8) is 0 Å². The lowest BCUT2D eigenvalue weighted by molar-refractivity contribution is -0.255. The number of hydrogen-bond donors (Lipinski definition) is 1. The molecule has 2 rings (SSSR count). The Morgan fingerprint density at radius 2 is 1.35 bits per heavy atom. The molecule has 0 saturated carbocycles. The molecule has 1 fully saturated rings. The Morgan fingerprint density at radius 3 is 1.88 bits per heavy atom. The minimum absolute atomic E-state index is 0.146. The normalized spacial score (nSPS) is 23.7. The zero-order valence-corrected chi connectivity index (χ0v) is 19.5. The van der Waals surface area contributed by atoms with E-state index in [1.807, 2.05) is 0 Å². The van der Waals surface area contributed by atoms with Crippen LogP contribution in [0.2, 0.25) is 5.02 Å². The Bertz CT molecular complexity index is 920. The molecule has 1 N–H and O–H groups in total. The highest BCUT2D eigenvalue weighted by molar-refractivity contribution is 6.30. The number of benzene rings is 1. The highest BCUT2D eigenvalue weighted by Gasteiger charge is 2.52. The molecule has 186 valence electrons. The third kappa shape index (κ3) is 8.19. The maximum Gasteiger partial charge on any atom is 0.414 e. The molecule has 1 amide bonds. The zero-order chi connectivity index (χ0) is 25.4. The molecule has 13 heteroatoms. The molecule has 0 radical (unpaired) electrons. The van der Waals surface area contributed by atoms with Gasteiger partial charge in [-0.15, -0.1) is 0 Å². The van der Waals surface area contributed by atoms with Crippen LogP contribution in [-0.2, 0) is 42.9 Å². The summed E-state index contributed by atoms with van der Waals surface area (Å²) in [6, 6.07) is 5.88. The van der Waals surface area contributed by atoms with Gasteiger partial charge in [0.05, 0.1) is 0 Å². The van der Waals surface area contributed by atoms with Crippen LogP contribution >= 0.6 is 11.6 Å². The number of nitrogens with one attached hydrogen (secondary N) is 1. The number of carbonyl (C=O) groups is 5.